The molecule has 7 heteroatoms. The van der Waals surface area contributed by atoms with Gasteiger partial charge in [0.15, 0.2) is 0 Å². The van der Waals surface area contributed by atoms with Crippen molar-refractivity contribution in [3.8, 4) is 0 Å². The average molecular weight is 390 g/mol. The van der Waals surface area contributed by atoms with Gasteiger partial charge in [-0.3, -0.25) is 0 Å². The molecule has 2 N–H and O–H groups in total. The number of rotatable bonds is 4. The summed E-state index contributed by atoms with van der Waals surface area (Å²) in [4.78, 5) is 0.0911. The predicted molar refractivity (Wildman–Crippen MR) is 88.7 cm³/mol. The summed E-state index contributed by atoms with van der Waals surface area (Å²) in [7, 11) is -2.14. The summed E-state index contributed by atoms with van der Waals surface area (Å²) < 4.78 is 27.1. The predicted octanol–water partition coefficient (Wildman–Crippen LogP) is 3.51. The first kappa shape index (κ1) is 16.3. The third kappa shape index (κ3) is 3.77. The lowest BCUT2D eigenvalue weighted by atomic mass is 10.2. The molecule has 0 aliphatic heterocycles. The van der Waals surface area contributed by atoms with Gasteiger partial charge in [-0.2, -0.15) is 4.31 Å². The van der Waals surface area contributed by atoms with Crippen molar-refractivity contribution in [3.63, 3.8) is 0 Å². The molecule has 0 amide bonds. The van der Waals surface area contributed by atoms with Gasteiger partial charge in [-0.25, -0.2) is 8.42 Å². The van der Waals surface area contributed by atoms with E-state index in [0.29, 0.717) is 9.50 Å². The summed E-state index contributed by atoms with van der Waals surface area (Å²) >= 11 is 9.08. The SMILES string of the molecule is CN(Cc1ccc(Cl)cc1)S(=O)(=O)c1cc(Br)ccc1N. The summed E-state index contributed by atoms with van der Waals surface area (Å²) in [5.41, 5.74) is 6.85. The van der Waals surface area contributed by atoms with E-state index in [4.69, 9.17) is 17.3 Å². The van der Waals surface area contributed by atoms with E-state index in [1.165, 1.54) is 17.4 Å². The van der Waals surface area contributed by atoms with Gasteiger partial charge >= 0.3 is 0 Å². The van der Waals surface area contributed by atoms with E-state index in [2.05, 4.69) is 15.9 Å². The Kier molecular flexibility index (Phi) is 4.93. The quantitative estimate of drug-likeness (QED) is 0.814. The van der Waals surface area contributed by atoms with E-state index < -0.39 is 10.0 Å². The van der Waals surface area contributed by atoms with Crippen LogP contribution < -0.4 is 5.73 Å². The number of hydrogen-bond donors (Lipinski definition) is 1. The van der Waals surface area contributed by atoms with Crippen molar-refractivity contribution in [1.82, 2.24) is 4.31 Å². The number of nitrogen functional groups attached to an aromatic ring is 1. The van der Waals surface area contributed by atoms with Gasteiger partial charge in [0.05, 0.1) is 5.69 Å². The molecule has 2 aromatic carbocycles. The molecule has 0 spiro atoms. The first-order chi connectivity index (χ1) is 9.80. The highest BCUT2D eigenvalue weighted by atomic mass is 79.9. The van der Waals surface area contributed by atoms with Crippen LogP contribution in [0.5, 0.6) is 0 Å². The summed E-state index contributed by atoms with van der Waals surface area (Å²) in [6.07, 6.45) is 0. The zero-order valence-electron chi connectivity index (χ0n) is 11.3. The lowest BCUT2D eigenvalue weighted by Gasteiger charge is -2.18. The van der Waals surface area contributed by atoms with Crippen molar-refractivity contribution in [1.29, 1.82) is 0 Å². The molecule has 112 valence electrons. The van der Waals surface area contributed by atoms with Crippen LogP contribution in [0.15, 0.2) is 51.8 Å². The lowest BCUT2D eigenvalue weighted by molar-refractivity contribution is 0.467. The highest BCUT2D eigenvalue weighted by Gasteiger charge is 2.23. The molecule has 0 aliphatic carbocycles. The highest BCUT2D eigenvalue weighted by Crippen LogP contribution is 2.26. The number of nitrogens with two attached hydrogens (primary N) is 1. The molecule has 0 radical (unpaired) electrons. The second-order valence-electron chi connectivity index (χ2n) is 4.57. The second-order valence-corrected chi connectivity index (χ2v) is 7.94. The van der Waals surface area contributed by atoms with Gasteiger partial charge in [-0.1, -0.05) is 39.7 Å². The molecule has 0 saturated heterocycles. The van der Waals surface area contributed by atoms with Crippen molar-refractivity contribution in [2.45, 2.75) is 11.4 Å². The summed E-state index contributed by atoms with van der Waals surface area (Å²) in [5, 5.41) is 0.612. The van der Waals surface area contributed by atoms with Gasteiger partial charge in [-0.15, -0.1) is 0 Å². The topological polar surface area (TPSA) is 63.4 Å². The van der Waals surface area contributed by atoms with Crippen molar-refractivity contribution >= 4 is 43.2 Å². The summed E-state index contributed by atoms with van der Waals surface area (Å²) in [5.74, 6) is 0. The molecular weight excluding hydrogens is 376 g/mol. The average Bonchev–Trinajstić information content (AvgIpc) is 2.43. The summed E-state index contributed by atoms with van der Waals surface area (Å²) in [6, 6.07) is 11.8. The molecule has 2 rings (SSSR count). The Labute approximate surface area is 137 Å². The van der Waals surface area contributed by atoms with Crippen LogP contribution in [-0.4, -0.2) is 19.8 Å². The maximum Gasteiger partial charge on any atom is 0.245 e. The molecule has 2 aromatic rings. The maximum atomic E-state index is 12.6. The molecule has 21 heavy (non-hydrogen) atoms. The zero-order valence-corrected chi connectivity index (χ0v) is 14.4. The number of nitrogens with zero attached hydrogens (tertiary/aromatic N) is 1. The minimum absolute atomic E-state index is 0.0911. The van der Waals surface area contributed by atoms with Gasteiger partial charge in [0, 0.05) is 23.1 Å². The van der Waals surface area contributed by atoms with E-state index in [1.807, 2.05) is 0 Å². The molecule has 0 fully saturated rings. The number of sulfonamides is 1. The van der Waals surface area contributed by atoms with Crippen LogP contribution in [0.1, 0.15) is 5.56 Å². The Morgan fingerprint density at radius 3 is 2.43 bits per heavy atom. The van der Waals surface area contributed by atoms with Crippen LogP contribution >= 0.6 is 27.5 Å². The van der Waals surface area contributed by atoms with Gasteiger partial charge in [0.25, 0.3) is 0 Å². The maximum absolute atomic E-state index is 12.6. The van der Waals surface area contributed by atoms with Gasteiger partial charge in [0.1, 0.15) is 4.90 Å². The second kappa shape index (κ2) is 6.36. The minimum Gasteiger partial charge on any atom is -0.398 e. The van der Waals surface area contributed by atoms with Gasteiger partial charge in [0.2, 0.25) is 10.0 Å². The number of halogens is 2. The fraction of sp³-hybridized carbons (Fsp3) is 0.143. The van der Waals surface area contributed by atoms with E-state index >= 15 is 0 Å². The van der Waals surface area contributed by atoms with Crippen molar-refractivity contribution in [2.75, 3.05) is 12.8 Å². The van der Waals surface area contributed by atoms with E-state index in [1.54, 1.807) is 36.4 Å². The monoisotopic (exact) mass is 388 g/mol. The molecule has 0 unspecified atom stereocenters. The molecule has 4 nitrogen and oxygen atoms in total. The molecule has 0 aliphatic rings. The van der Waals surface area contributed by atoms with E-state index in [0.717, 1.165) is 5.56 Å². The standard InChI is InChI=1S/C14H14BrClN2O2S/c1-18(9-10-2-5-12(16)6-3-10)21(19,20)14-8-11(15)4-7-13(14)17/h2-8H,9,17H2,1H3. The van der Waals surface area contributed by atoms with Crippen LogP contribution in [-0.2, 0) is 16.6 Å². The number of benzene rings is 2. The van der Waals surface area contributed by atoms with E-state index in [-0.39, 0.29) is 17.1 Å². The fourth-order valence-corrected chi connectivity index (χ4v) is 3.77. The molecule has 0 saturated carbocycles. The molecule has 0 aromatic heterocycles. The van der Waals surface area contributed by atoms with Gasteiger partial charge in [-0.05, 0) is 35.9 Å². The molecular formula is C14H14BrClN2O2S. The van der Waals surface area contributed by atoms with Crippen LogP contribution in [0.3, 0.4) is 0 Å². The Morgan fingerprint density at radius 2 is 1.81 bits per heavy atom. The first-order valence-electron chi connectivity index (χ1n) is 6.06. The van der Waals surface area contributed by atoms with Crippen molar-refractivity contribution in [3.05, 3.63) is 57.5 Å². The van der Waals surface area contributed by atoms with Gasteiger partial charge < -0.3 is 5.73 Å². The number of anilines is 1. The zero-order chi connectivity index (χ0) is 15.6. The minimum atomic E-state index is -3.66. The Hall–Kier alpha value is -1.08. The Bertz CT molecular complexity index is 748. The van der Waals surface area contributed by atoms with E-state index in [9.17, 15) is 8.42 Å². The Morgan fingerprint density at radius 1 is 1.19 bits per heavy atom. The number of hydrogen-bond acceptors (Lipinski definition) is 3. The smallest absolute Gasteiger partial charge is 0.245 e. The Balaban J connectivity index is 2.30. The largest absolute Gasteiger partial charge is 0.398 e. The van der Waals surface area contributed by atoms with Crippen LogP contribution in [0.4, 0.5) is 5.69 Å². The van der Waals surface area contributed by atoms with Crippen molar-refractivity contribution < 1.29 is 8.42 Å². The third-order valence-electron chi connectivity index (χ3n) is 2.98. The normalized spacial score (nSPS) is 11.8. The summed E-state index contributed by atoms with van der Waals surface area (Å²) in [6.45, 7) is 0.242. The third-order valence-corrected chi connectivity index (χ3v) is 5.59. The van der Waals surface area contributed by atoms with Crippen molar-refractivity contribution in [2.24, 2.45) is 0 Å². The highest BCUT2D eigenvalue weighted by molar-refractivity contribution is 9.10. The van der Waals surface area contributed by atoms with Crippen LogP contribution in [0.25, 0.3) is 0 Å². The van der Waals surface area contributed by atoms with Crippen LogP contribution in [0, 0.1) is 0 Å². The molecule has 0 heterocycles. The lowest BCUT2D eigenvalue weighted by Crippen LogP contribution is -2.27. The van der Waals surface area contributed by atoms with Crippen LogP contribution in [0.2, 0.25) is 5.02 Å². The fourth-order valence-electron chi connectivity index (χ4n) is 1.83. The molecule has 0 bridgehead atoms. The molecule has 0 atom stereocenters. The first-order valence-corrected chi connectivity index (χ1v) is 8.67.